The number of fused-ring (bicyclic) bond motifs is 1. The summed E-state index contributed by atoms with van der Waals surface area (Å²) in [6, 6.07) is 1.51. The molecule has 2 aliphatic rings. The van der Waals surface area contributed by atoms with E-state index in [9.17, 15) is 9.36 Å². The van der Waals surface area contributed by atoms with Crippen LogP contribution in [-0.2, 0) is 27.7 Å². The number of benzene rings is 1. The van der Waals surface area contributed by atoms with E-state index < -0.39 is 32.4 Å². The standard InChI is InChI=1S/C30H38ClF2N4O6P/c1-6-25(38)36-10-12-37(13-11-36)30-21-14-22(31)26(28(33)29(21)34-17-35-30)27-23(32)8-7-9-24(27)40-18-43-44(39,41-15-19(2)3)42-16-20(4)5/h6-8,14,17,19-20,24H,1,9-13,15-16,18H2,2-5H3. The molecule has 1 fully saturated rings. The highest BCUT2D eigenvalue weighted by molar-refractivity contribution is 7.48. The number of phosphoric acid groups is 1. The summed E-state index contributed by atoms with van der Waals surface area (Å²) < 4.78 is 66.9. The minimum absolute atomic E-state index is 0.0440. The lowest BCUT2D eigenvalue weighted by Gasteiger charge is -2.35. The topological polar surface area (TPSA) is 103 Å². The maximum Gasteiger partial charge on any atom is 0.476 e. The van der Waals surface area contributed by atoms with E-state index in [2.05, 4.69) is 16.5 Å². The monoisotopic (exact) mass is 654 g/mol. The summed E-state index contributed by atoms with van der Waals surface area (Å²) in [5.74, 6) is -1.16. The van der Waals surface area contributed by atoms with Crippen LogP contribution in [0.2, 0.25) is 5.02 Å². The molecular formula is C30H38ClF2N4O6P. The number of nitrogens with zero attached hydrogens (tertiary/aromatic N) is 4. The van der Waals surface area contributed by atoms with E-state index in [1.54, 1.807) is 4.90 Å². The van der Waals surface area contributed by atoms with Crippen LogP contribution in [0.3, 0.4) is 0 Å². The predicted octanol–water partition coefficient (Wildman–Crippen LogP) is 6.71. The zero-order valence-corrected chi connectivity index (χ0v) is 27.0. The molecule has 240 valence electrons. The van der Waals surface area contributed by atoms with Gasteiger partial charge in [-0.2, -0.15) is 0 Å². The number of carbonyl (C=O) groups excluding carboxylic acids is 1. The molecule has 1 aliphatic carbocycles. The molecule has 0 N–H and O–H groups in total. The number of phosphoric ester groups is 1. The van der Waals surface area contributed by atoms with Crippen LogP contribution in [-0.4, -0.2) is 73.1 Å². The molecule has 0 saturated carbocycles. The molecule has 0 bridgehead atoms. The number of anilines is 1. The van der Waals surface area contributed by atoms with Gasteiger partial charge >= 0.3 is 7.82 Å². The number of piperazine rings is 1. The Morgan fingerprint density at radius 3 is 2.39 bits per heavy atom. The molecule has 44 heavy (non-hydrogen) atoms. The second-order valence-electron chi connectivity index (χ2n) is 11.3. The van der Waals surface area contributed by atoms with Crippen molar-refractivity contribution in [2.24, 2.45) is 11.8 Å². The predicted molar refractivity (Wildman–Crippen MR) is 165 cm³/mol. The van der Waals surface area contributed by atoms with Crippen LogP contribution in [0.25, 0.3) is 16.5 Å². The van der Waals surface area contributed by atoms with Gasteiger partial charge in [0, 0.05) is 42.7 Å². The second kappa shape index (κ2) is 15.0. The van der Waals surface area contributed by atoms with Crippen LogP contribution in [0.4, 0.5) is 14.6 Å². The van der Waals surface area contributed by atoms with E-state index in [1.807, 2.05) is 32.6 Å². The Labute approximate surface area is 261 Å². The highest BCUT2D eigenvalue weighted by atomic mass is 35.5. The molecule has 1 aromatic carbocycles. The normalized spacial score (nSPS) is 17.8. The molecule has 4 rings (SSSR count). The van der Waals surface area contributed by atoms with E-state index >= 15 is 8.78 Å². The smallest absolute Gasteiger partial charge is 0.352 e. The van der Waals surface area contributed by atoms with E-state index in [1.165, 1.54) is 30.6 Å². The molecule has 1 amide bonds. The summed E-state index contributed by atoms with van der Waals surface area (Å²) in [4.78, 5) is 24.1. The Morgan fingerprint density at radius 2 is 1.77 bits per heavy atom. The molecule has 0 radical (unpaired) electrons. The second-order valence-corrected chi connectivity index (χ2v) is 13.4. The third-order valence-electron chi connectivity index (χ3n) is 6.94. The number of allylic oxidation sites excluding steroid dienone is 2. The van der Waals surface area contributed by atoms with Crippen molar-refractivity contribution in [3.05, 3.63) is 59.4 Å². The maximum absolute atomic E-state index is 16.2. The van der Waals surface area contributed by atoms with Crippen molar-refractivity contribution < 1.29 is 36.4 Å². The molecule has 1 atom stereocenters. The lowest BCUT2D eigenvalue weighted by molar-refractivity contribution is -0.126. The number of rotatable bonds is 13. The average Bonchev–Trinajstić information content (AvgIpc) is 3.00. The number of aromatic nitrogens is 2. The van der Waals surface area contributed by atoms with E-state index in [4.69, 9.17) is 29.9 Å². The van der Waals surface area contributed by atoms with Crippen molar-refractivity contribution >= 4 is 47.6 Å². The summed E-state index contributed by atoms with van der Waals surface area (Å²) in [6.45, 7) is 12.6. The molecule has 10 nitrogen and oxygen atoms in total. The zero-order valence-electron chi connectivity index (χ0n) is 25.3. The first-order chi connectivity index (χ1) is 20.9. The van der Waals surface area contributed by atoms with Crippen LogP contribution in [0.1, 0.15) is 39.7 Å². The van der Waals surface area contributed by atoms with E-state index in [-0.39, 0.29) is 59.1 Å². The van der Waals surface area contributed by atoms with Gasteiger partial charge in [-0.3, -0.25) is 18.4 Å². The largest absolute Gasteiger partial charge is 0.476 e. The van der Waals surface area contributed by atoms with Crippen LogP contribution in [0.15, 0.2) is 43.0 Å². The van der Waals surface area contributed by atoms with Crippen LogP contribution in [0, 0.1) is 17.7 Å². The Balaban J connectivity index is 1.58. The van der Waals surface area contributed by atoms with Gasteiger partial charge in [0.25, 0.3) is 0 Å². The van der Waals surface area contributed by atoms with Crippen LogP contribution < -0.4 is 4.90 Å². The molecule has 1 aliphatic heterocycles. The first kappa shape index (κ1) is 34.1. The highest BCUT2D eigenvalue weighted by Crippen LogP contribution is 2.50. The number of halogens is 3. The van der Waals surface area contributed by atoms with Crippen molar-refractivity contribution in [1.29, 1.82) is 0 Å². The Morgan fingerprint density at radius 1 is 1.11 bits per heavy atom. The molecule has 1 unspecified atom stereocenters. The highest BCUT2D eigenvalue weighted by Gasteiger charge is 2.33. The number of carbonyl (C=O) groups is 1. The lowest BCUT2D eigenvalue weighted by atomic mass is 9.92. The van der Waals surface area contributed by atoms with Gasteiger partial charge in [-0.15, -0.1) is 0 Å². The molecule has 1 aromatic heterocycles. The van der Waals surface area contributed by atoms with Gasteiger partial charge in [-0.1, -0.05) is 52.0 Å². The summed E-state index contributed by atoms with van der Waals surface area (Å²) in [7, 11) is -3.99. The molecule has 2 aromatic rings. The fourth-order valence-corrected chi connectivity index (χ4v) is 6.41. The molecular weight excluding hydrogens is 617 g/mol. The first-order valence-electron chi connectivity index (χ1n) is 14.4. The SMILES string of the molecule is C=CC(=O)N1CCN(c2ncnc3c(F)c(C4=C(F)C=CCC4OCOP(=O)(OCC(C)C)OCC(C)C)c(Cl)cc23)CC1. The van der Waals surface area contributed by atoms with Gasteiger partial charge < -0.3 is 14.5 Å². The fraction of sp³-hybridized carbons (Fsp3) is 0.500. The Bertz CT molecular complexity index is 1460. The van der Waals surface area contributed by atoms with Crippen molar-refractivity contribution in [2.75, 3.05) is 51.1 Å². The Kier molecular flexibility index (Phi) is 11.7. The first-order valence-corrected chi connectivity index (χ1v) is 16.3. The van der Waals surface area contributed by atoms with Crippen molar-refractivity contribution in [2.45, 2.75) is 40.2 Å². The van der Waals surface area contributed by atoms with E-state index in [0.29, 0.717) is 37.4 Å². The van der Waals surface area contributed by atoms with Crippen molar-refractivity contribution in [1.82, 2.24) is 14.9 Å². The fourth-order valence-electron chi connectivity index (χ4n) is 4.74. The van der Waals surface area contributed by atoms with E-state index in [0.717, 1.165) is 0 Å². The van der Waals surface area contributed by atoms with Gasteiger partial charge in [0.1, 0.15) is 23.5 Å². The number of amides is 1. The summed E-state index contributed by atoms with van der Waals surface area (Å²) >= 11 is 6.64. The third kappa shape index (κ3) is 8.10. The summed E-state index contributed by atoms with van der Waals surface area (Å²) in [5, 5.41) is 0.286. The average molecular weight is 655 g/mol. The molecule has 0 spiro atoms. The number of hydrogen-bond acceptors (Lipinski definition) is 9. The zero-order chi connectivity index (χ0) is 32.0. The molecule has 1 saturated heterocycles. The van der Waals surface area contributed by atoms with Gasteiger partial charge in [0.15, 0.2) is 12.6 Å². The quantitative estimate of drug-likeness (QED) is 0.132. The van der Waals surface area contributed by atoms with Crippen molar-refractivity contribution in [3.8, 4) is 0 Å². The van der Waals surface area contributed by atoms with Gasteiger partial charge in [-0.05, 0) is 36.5 Å². The summed E-state index contributed by atoms with van der Waals surface area (Å²) in [5.41, 5.74) is -0.372. The van der Waals surface area contributed by atoms with Crippen molar-refractivity contribution in [3.63, 3.8) is 0 Å². The lowest BCUT2D eigenvalue weighted by Crippen LogP contribution is -2.48. The van der Waals surface area contributed by atoms with Crippen LogP contribution >= 0.6 is 19.4 Å². The van der Waals surface area contributed by atoms with Gasteiger partial charge in [0.05, 0.1) is 24.3 Å². The van der Waals surface area contributed by atoms with Gasteiger partial charge in [-0.25, -0.2) is 23.3 Å². The minimum atomic E-state index is -3.99. The minimum Gasteiger partial charge on any atom is -0.352 e. The molecule has 14 heteroatoms. The summed E-state index contributed by atoms with van der Waals surface area (Å²) in [6.07, 6.45) is 4.41. The molecule has 2 heterocycles. The van der Waals surface area contributed by atoms with Gasteiger partial charge in [0.2, 0.25) is 5.91 Å². The number of ether oxygens (including phenoxy) is 1. The maximum atomic E-state index is 16.2. The van der Waals surface area contributed by atoms with Crippen LogP contribution in [0.5, 0.6) is 0 Å². The Hall–Kier alpha value is -2.73. The number of hydrogen-bond donors (Lipinski definition) is 0. The third-order valence-corrected chi connectivity index (χ3v) is 8.59.